The maximum absolute atomic E-state index is 2.67. The molecule has 0 amide bonds. The molecule has 2 heteroatoms. The van der Waals surface area contributed by atoms with Gasteiger partial charge in [-0.25, -0.2) is 4.90 Å². The summed E-state index contributed by atoms with van der Waals surface area (Å²) in [6.07, 6.45) is 0. The Morgan fingerprint density at radius 1 is 1.13 bits per heavy atom. The molecule has 1 saturated heterocycles. The molecular weight excluding hydrogens is 184 g/mol. The lowest BCUT2D eigenvalue weighted by Gasteiger charge is -2.37. The highest BCUT2D eigenvalue weighted by Crippen LogP contribution is 2.33. The number of quaternary nitrogens is 1. The van der Waals surface area contributed by atoms with Gasteiger partial charge in [-0.1, -0.05) is 0 Å². The van der Waals surface area contributed by atoms with E-state index in [1.165, 1.54) is 24.2 Å². The van der Waals surface area contributed by atoms with Crippen LogP contribution in [0.15, 0.2) is 0 Å². The highest BCUT2D eigenvalue weighted by Gasteiger charge is 2.49. The Labute approximate surface area is 95.8 Å². The highest BCUT2D eigenvalue weighted by atomic mass is 15.5. The molecule has 2 nitrogen and oxygen atoms in total. The zero-order valence-corrected chi connectivity index (χ0v) is 11.7. The summed E-state index contributed by atoms with van der Waals surface area (Å²) in [5.74, 6) is 0. The Kier molecular flexibility index (Phi) is 3.52. The molecule has 0 aromatic heterocycles. The van der Waals surface area contributed by atoms with Crippen LogP contribution < -0.4 is 0 Å². The van der Waals surface area contributed by atoms with Crippen molar-refractivity contribution < 1.29 is 4.48 Å². The van der Waals surface area contributed by atoms with Crippen LogP contribution in [0.2, 0.25) is 0 Å². The highest BCUT2D eigenvalue weighted by molar-refractivity contribution is 4.87. The van der Waals surface area contributed by atoms with Crippen LogP contribution in [0.4, 0.5) is 0 Å². The van der Waals surface area contributed by atoms with Crippen LogP contribution in [-0.4, -0.2) is 46.8 Å². The minimum Gasteiger partial charge on any atom is -0.308 e. The zero-order chi connectivity index (χ0) is 11.9. The van der Waals surface area contributed by atoms with Gasteiger partial charge in [0.05, 0.1) is 19.1 Å². The number of likely N-dealkylation sites (N-methyl/N-ethyl adjacent to an activating group) is 1. The second kappa shape index (κ2) is 4.06. The zero-order valence-electron chi connectivity index (χ0n) is 11.7. The molecule has 0 aromatic carbocycles. The molecule has 0 aliphatic carbocycles. The van der Waals surface area contributed by atoms with E-state index in [1.807, 2.05) is 0 Å². The Hall–Kier alpha value is -0.0800. The van der Waals surface area contributed by atoms with E-state index >= 15 is 0 Å². The first kappa shape index (κ1) is 13.0. The smallest absolute Gasteiger partial charge is 0.136 e. The second-order valence-corrected chi connectivity index (χ2v) is 6.11. The average Bonchev–Trinajstić information content (AvgIpc) is 2.41. The van der Waals surface area contributed by atoms with E-state index in [0.29, 0.717) is 11.6 Å². The molecule has 0 radical (unpaired) electrons. The van der Waals surface area contributed by atoms with Crippen LogP contribution in [0.1, 0.15) is 48.5 Å². The van der Waals surface area contributed by atoms with E-state index in [9.17, 15) is 0 Å². The molecule has 1 aliphatic rings. The van der Waals surface area contributed by atoms with Gasteiger partial charge in [0.1, 0.15) is 12.7 Å². The number of nitrogens with zero attached hydrogens (tertiary/aromatic N) is 2. The molecule has 15 heavy (non-hydrogen) atoms. The first-order chi connectivity index (χ1) is 6.78. The molecule has 0 N–H and O–H groups in total. The third kappa shape index (κ3) is 2.07. The number of hydrogen-bond acceptors (Lipinski definition) is 1. The van der Waals surface area contributed by atoms with Gasteiger partial charge < -0.3 is 4.48 Å². The maximum Gasteiger partial charge on any atom is 0.136 e. The van der Waals surface area contributed by atoms with Crippen LogP contribution in [0.3, 0.4) is 0 Å². The van der Waals surface area contributed by atoms with Crippen LogP contribution in [0.5, 0.6) is 0 Å². The first-order valence-corrected chi connectivity index (χ1v) is 6.41. The van der Waals surface area contributed by atoms with Crippen molar-refractivity contribution in [3.05, 3.63) is 0 Å². The van der Waals surface area contributed by atoms with Crippen LogP contribution >= 0.6 is 0 Å². The van der Waals surface area contributed by atoms with Gasteiger partial charge in [-0.3, -0.25) is 0 Å². The standard InChI is InChI=1S/C13H29N2/c1-8-15(9-2)10-14(13(5,6)7)11(3)12(15)4/h11-12H,8-10H2,1-7H3/q+1. The number of hydrogen-bond donors (Lipinski definition) is 0. The summed E-state index contributed by atoms with van der Waals surface area (Å²) >= 11 is 0. The van der Waals surface area contributed by atoms with Crippen molar-refractivity contribution in [2.24, 2.45) is 0 Å². The molecule has 0 spiro atoms. The van der Waals surface area contributed by atoms with Crippen molar-refractivity contribution in [3.8, 4) is 0 Å². The van der Waals surface area contributed by atoms with E-state index in [-0.39, 0.29) is 0 Å². The van der Waals surface area contributed by atoms with Crippen LogP contribution in [0, 0.1) is 0 Å². The lowest BCUT2D eigenvalue weighted by Crippen LogP contribution is -2.52. The Bertz CT molecular complexity index is 213. The van der Waals surface area contributed by atoms with Crippen LogP contribution in [-0.2, 0) is 0 Å². The molecule has 1 aliphatic heterocycles. The maximum atomic E-state index is 2.67. The monoisotopic (exact) mass is 213 g/mol. The molecular formula is C13H29N2+. The molecule has 0 aromatic rings. The van der Waals surface area contributed by atoms with Crippen molar-refractivity contribution in [2.75, 3.05) is 19.8 Å². The molecule has 90 valence electrons. The fourth-order valence-electron chi connectivity index (χ4n) is 3.10. The minimum atomic E-state index is 0.304. The normalized spacial score (nSPS) is 32.2. The molecule has 2 unspecified atom stereocenters. The summed E-state index contributed by atoms with van der Waals surface area (Å²) in [7, 11) is 0. The van der Waals surface area contributed by atoms with Gasteiger partial charge in [0.2, 0.25) is 0 Å². The van der Waals surface area contributed by atoms with Crippen molar-refractivity contribution in [1.82, 2.24) is 4.90 Å². The molecule has 2 atom stereocenters. The van der Waals surface area contributed by atoms with Crippen LogP contribution in [0.25, 0.3) is 0 Å². The topological polar surface area (TPSA) is 3.24 Å². The van der Waals surface area contributed by atoms with E-state index in [0.717, 1.165) is 6.04 Å². The summed E-state index contributed by atoms with van der Waals surface area (Å²) in [5, 5.41) is 0. The Morgan fingerprint density at radius 2 is 1.60 bits per heavy atom. The predicted molar refractivity (Wildman–Crippen MR) is 66.7 cm³/mol. The van der Waals surface area contributed by atoms with E-state index < -0.39 is 0 Å². The third-order valence-corrected chi connectivity index (χ3v) is 4.61. The van der Waals surface area contributed by atoms with Crippen molar-refractivity contribution in [3.63, 3.8) is 0 Å². The quantitative estimate of drug-likeness (QED) is 0.638. The molecule has 0 saturated carbocycles. The Morgan fingerprint density at radius 3 is 1.80 bits per heavy atom. The average molecular weight is 213 g/mol. The van der Waals surface area contributed by atoms with Gasteiger partial charge in [0, 0.05) is 5.54 Å². The third-order valence-electron chi connectivity index (χ3n) is 4.61. The first-order valence-electron chi connectivity index (χ1n) is 6.41. The van der Waals surface area contributed by atoms with Gasteiger partial charge in [-0.05, 0) is 48.5 Å². The molecule has 1 fully saturated rings. The van der Waals surface area contributed by atoms with Gasteiger partial charge >= 0.3 is 0 Å². The Balaban J connectivity index is 2.93. The van der Waals surface area contributed by atoms with E-state index in [2.05, 4.69) is 53.4 Å². The lowest BCUT2D eigenvalue weighted by molar-refractivity contribution is -0.938. The minimum absolute atomic E-state index is 0.304. The molecule has 0 bridgehead atoms. The van der Waals surface area contributed by atoms with Gasteiger partial charge in [-0.15, -0.1) is 0 Å². The summed E-state index contributed by atoms with van der Waals surface area (Å²) in [4.78, 5) is 2.67. The van der Waals surface area contributed by atoms with Gasteiger partial charge in [-0.2, -0.15) is 0 Å². The lowest BCUT2D eigenvalue weighted by atomic mass is 10.0. The largest absolute Gasteiger partial charge is 0.308 e. The van der Waals surface area contributed by atoms with Crippen molar-refractivity contribution in [1.29, 1.82) is 0 Å². The second-order valence-electron chi connectivity index (χ2n) is 6.11. The van der Waals surface area contributed by atoms with Gasteiger partial charge in [0.15, 0.2) is 0 Å². The molecule has 1 rings (SSSR count). The van der Waals surface area contributed by atoms with Crippen molar-refractivity contribution in [2.45, 2.75) is 66.1 Å². The SMILES string of the molecule is CC[N+]1(CC)CN(C(C)(C)C)C(C)C1C. The van der Waals surface area contributed by atoms with E-state index in [4.69, 9.17) is 0 Å². The summed E-state index contributed by atoms with van der Waals surface area (Å²) in [6.45, 7) is 20.2. The predicted octanol–water partition coefficient (Wildman–Crippen LogP) is 2.69. The fourth-order valence-corrected chi connectivity index (χ4v) is 3.10. The van der Waals surface area contributed by atoms with Crippen molar-refractivity contribution >= 4 is 0 Å². The summed E-state index contributed by atoms with van der Waals surface area (Å²) < 4.78 is 1.26. The van der Waals surface area contributed by atoms with E-state index in [1.54, 1.807) is 0 Å². The molecule has 1 heterocycles. The summed E-state index contributed by atoms with van der Waals surface area (Å²) in [6, 6.07) is 1.46. The summed E-state index contributed by atoms with van der Waals surface area (Å²) in [5.41, 5.74) is 0.304. The fraction of sp³-hybridized carbons (Fsp3) is 1.00. The van der Waals surface area contributed by atoms with Gasteiger partial charge in [0.25, 0.3) is 0 Å². The number of rotatable bonds is 2.